The summed E-state index contributed by atoms with van der Waals surface area (Å²) in [4.78, 5) is 28.6. The van der Waals surface area contributed by atoms with Gasteiger partial charge in [0.1, 0.15) is 12.6 Å². The number of halogens is 3. The lowest BCUT2D eigenvalue weighted by atomic mass is 10.1. The Morgan fingerprint density at radius 3 is 2.27 bits per heavy atom. The lowest BCUT2D eigenvalue weighted by Gasteiger charge is -2.34. The third kappa shape index (κ3) is 7.53. The number of sulfonamides is 1. The van der Waals surface area contributed by atoms with Crippen molar-refractivity contribution in [1.82, 2.24) is 10.2 Å². The first-order valence-electron chi connectivity index (χ1n) is 12.2. The lowest BCUT2D eigenvalue weighted by molar-refractivity contribution is -0.140. The first kappa shape index (κ1) is 29.6. The van der Waals surface area contributed by atoms with Crippen LogP contribution in [-0.4, -0.2) is 50.0 Å². The van der Waals surface area contributed by atoms with Gasteiger partial charge in [-0.15, -0.1) is 0 Å². The van der Waals surface area contributed by atoms with Gasteiger partial charge >= 0.3 is 0 Å². The summed E-state index contributed by atoms with van der Waals surface area (Å²) in [5.74, 6) is -0.779. The number of rotatable bonds is 10. The van der Waals surface area contributed by atoms with E-state index < -0.39 is 28.5 Å². The van der Waals surface area contributed by atoms with Gasteiger partial charge in [-0.1, -0.05) is 78.8 Å². The minimum absolute atomic E-state index is 0.0316. The summed E-state index contributed by atoms with van der Waals surface area (Å²) >= 11 is 18.5. The Morgan fingerprint density at radius 1 is 1.05 bits per heavy atom. The van der Waals surface area contributed by atoms with E-state index in [2.05, 4.69) is 5.32 Å². The highest BCUT2D eigenvalue weighted by Crippen LogP contribution is 2.35. The molecule has 1 N–H and O–H groups in total. The van der Waals surface area contributed by atoms with Crippen LogP contribution in [0.1, 0.15) is 50.2 Å². The number of carbonyl (C=O) groups excluding carboxylic acids is 2. The van der Waals surface area contributed by atoms with E-state index in [4.69, 9.17) is 34.8 Å². The summed E-state index contributed by atoms with van der Waals surface area (Å²) in [5.41, 5.74) is 1.85. The molecule has 1 aliphatic carbocycles. The quantitative estimate of drug-likeness (QED) is 0.367. The summed E-state index contributed by atoms with van der Waals surface area (Å²) in [6.45, 7) is 3.35. The van der Waals surface area contributed by atoms with Crippen molar-refractivity contribution in [2.45, 2.75) is 64.6 Å². The highest BCUT2D eigenvalue weighted by atomic mass is 35.5. The predicted molar refractivity (Wildman–Crippen MR) is 150 cm³/mol. The molecule has 1 saturated carbocycles. The first-order valence-corrected chi connectivity index (χ1v) is 15.2. The zero-order valence-electron chi connectivity index (χ0n) is 21.1. The van der Waals surface area contributed by atoms with Gasteiger partial charge in [0.15, 0.2) is 0 Å². The van der Waals surface area contributed by atoms with E-state index >= 15 is 0 Å². The molecule has 2 aromatic rings. The Balaban J connectivity index is 1.98. The van der Waals surface area contributed by atoms with Gasteiger partial charge in [0.05, 0.1) is 27.0 Å². The Labute approximate surface area is 234 Å². The lowest BCUT2D eigenvalue weighted by Crippen LogP contribution is -2.53. The van der Waals surface area contributed by atoms with Crippen LogP contribution in [0, 0.1) is 6.92 Å². The van der Waals surface area contributed by atoms with Crippen molar-refractivity contribution in [3.05, 3.63) is 62.6 Å². The largest absolute Gasteiger partial charge is 0.352 e. The number of carbonyl (C=O) groups is 2. The Hall–Kier alpha value is -2.00. The summed E-state index contributed by atoms with van der Waals surface area (Å²) in [6.07, 6.45) is 5.28. The third-order valence-electron chi connectivity index (χ3n) is 6.63. The topological polar surface area (TPSA) is 86.8 Å². The van der Waals surface area contributed by atoms with Crippen molar-refractivity contribution in [2.75, 3.05) is 17.1 Å². The maximum Gasteiger partial charge on any atom is 0.244 e. The monoisotopic (exact) mass is 587 g/mol. The van der Waals surface area contributed by atoms with Gasteiger partial charge in [-0.3, -0.25) is 13.9 Å². The molecule has 0 radical (unpaired) electrons. The van der Waals surface area contributed by atoms with Gasteiger partial charge in [-0.2, -0.15) is 0 Å². The fourth-order valence-corrected chi connectivity index (χ4v) is 6.10. The fourth-order valence-electron chi connectivity index (χ4n) is 4.56. The first-order chi connectivity index (χ1) is 17.4. The van der Waals surface area contributed by atoms with Gasteiger partial charge < -0.3 is 10.2 Å². The standard InChI is InChI=1S/C26H32Cl3N3O4S/c1-4-23(26(34)30-19-11-7-8-12-19)31(15-18-10-6-5-9-17(18)2)25(33)16-32(37(3,35)36)24-14-21(28)20(27)13-22(24)29/h5-6,9-10,13-14,19,23H,4,7-8,11-12,15-16H2,1-3H3,(H,30,34). The van der Waals surface area contributed by atoms with Crippen LogP contribution in [0.4, 0.5) is 5.69 Å². The van der Waals surface area contributed by atoms with Crippen molar-refractivity contribution in [3.63, 3.8) is 0 Å². The summed E-state index contributed by atoms with van der Waals surface area (Å²) < 4.78 is 26.5. The van der Waals surface area contributed by atoms with E-state index in [9.17, 15) is 18.0 Å². The normalized spacial score (nSPS) is 14.9. The second-order valence-corrected chi connectivity index (χ2v) is 12.5. The van der Waals surface area contributed by atoms with Crippen LogP contribution in [-0.2, 0) is 26.2 Å². The van der Waals surface area contributed by atoms with Crippen LogP contribution in [0.5, 0.6) is 0 Å². The average molecular weight is 589 g/mol. The molecule has 202 valence electrons. The molecule has 3 rings (SSSR count). The van der Waals surface area contributed by atoms with E-state index in [0.29, 0.717) is 6.42 Å². The Bertz CT molecular complexity index is 1250. The van der Waals surface area contributed by atoms with Crippen molar-refractivity contribution in [2.24, 2.45) is 0 Å². The number of hydrogen-bond donors (Lipinski definition) is 1. The number of nitrogens with zero attached hydrogens (tertiary/aromatic N) is 2. The molecule has 0 bridgehead atoms. The van der Waals surface area contributed by atoms with Gasteiger partial charge in [-0.05, 0) is 49.4 Å². The number of nitrogens with one attached hydrogen (secondary N) is 1. The minimum atomic E-state index is -3.95. The minimum Gasteiger partial charge on any atom is -0.352 e. The highest BCUT2D eigenvalue weighted by molar-refractivity contribution is 7.92. The molecule has 1 fully saturated rings. The third-order valence-corrected chi connectivity index (χ3v) is 8.78. The number of aryl methyl sites for hydroxylation is 1. The van der Waals surface area contributed by atoms with Crippen molar-refractivity contribution in [3.8, 4) is 0 Å². The maximum absolute atomic E-state index is 13.8. The number of benzene rings is 2. The molecule has 1 unspecified atom stereocenters. The summed E-state index contributed by atoms with van der Waals surface area (Å²) in [5, 5.41) is 3.37. The summed E-state index contributed by atoms with van der Waals surface area (Å²) in [7, 11) is -3.95. The smallest absolute Gasteiger partial charge is 0.244 e. The van der Waals surface area contributed by atoms with E-state index in [1.165, 1.54) is 17.0 Å². The molecule has 11 heteroatoms. The molecule has 2 aromatic carbocycles. The molecular weight excluding hydrogens is 557 g/mol. The molecule has 0 aliphatic heterocycles. The van der Waals surface area contributed by atoms with Crippen molar-refractivity contribution < 1.29 is 18.0 Å². The van der Waals surface area contributed by atoms with Gasteiger partial charge in [0, 0.05) is 12.6 Å². The van der Waals surface area contributed by atoms with Crippen LogP contribution in [0.15, 0.2) is 36.4 Å². The fraction of sp³-hybridized carbons (Fsp3) is 0.462. The van der Waals surface area contributed by atoms with Crippen LogP contribution < -0.4 is 9.62 Å². The Kier molecular flexibility index (Phi) is 10.1. The van der Waals surface area contributed by atoms with Crippen LogP contribution in [0.25, 0.3) is 0 Å². The predicted octanol–water partition coefficient (Wildman–Crippen LogP) is 5.59. The van der Waals surface area contributed by atoms with E-state index in [1.54, 1.807) is 0 Å². The van der Waals surface area contributed by atoms with Gasteiger partial charge in [-0.25, -0.2) is 8.42 Å². The average Bonchev–Trinajstić information content (AvgIpc) is 3.33. The van der Waals surface area contributed by atoms with Crippen molar-refractivity contribution >= 4 is 62.3 Å². The van der Waals surface area contributed by atoms with E-state index in [0.717, 1.165) is 47.4 Å². The maximum atomic E-state index is 13.8. The molecule has 1 atom stereocenters. The van der Waals surface area contributed by atoms with E-state index in [-0.39, 0.29) is 39.2 Å². The molecular formula is C26H32Cl3N3O4S. The zero-order chi connectivity index (χ0) is 27.3. The van der Waals surface area contributed by atoms with E-state index in [1.807, 2.05) is 38.1 Å². The van der Waals surface area contributed by atoms with Crippen LogP contribution in [0.3, 0.4) is 0 Å². The van der Waals surface area contributed by atoms with Crippen LogP contribution in [0.2, 0.25) is 15.1 Å². The Morgan fingerprint density at radius 2 is 1.68 bits per heavy atom. The van der Waals surface area contributed by atoms with Gasteiger partial charge in [0.25, 0.3) is 0 Å². The second-order valence-electron chi connectivity index (χ2n) is 9.35. The second kappa shape index (κ2) is 12.7. The SMILES string of the molecule is CCC(C(=O)NC1CCCC1)N(Cc1ccccc1C)C(=O)CN(c1cc(Cl)c(Cl)cc1Cl)S(C)(=O)=O. The molecule has 7 nitrogen and oxygen atoms in total. The van der Waals surface area contributed by atoms with Gasteiger partial charge in [0.2, 0.25) is 21.8 Å². The number of anilines is 1. The molecule has 2 amide bonds. The zero-order valence-corrected chi connectivity index (χ0v) is 24.2. The van der Waals surface area contributed by atoms with Crippen LogP contribution >= 0.6 is 34.8 Å². The molecule has 0 saturated heterocycles. The molecule has 0 heterocycles. The highest BCUT2D eigenvalue weighted by Gasteiger charge is 2.33. The molecule has 1 aliphatic rings. The summed E-state index contributed by atoms with van der Waals surface area (Å²) in [6, 6.07) is 9.53. The number of hydrogen-bond acceptors (Lipinski definition) is 4. The number of amides is 2. The molecule has 0 spiro atoms. The van der Waals surface area contributed by atoms with Crippen molar-refractivity contribution in [1.29, 1.82) is 0 Å². The molecule has 0 aromatic heterocycles. The molecule has 37 heavy (non-hydrogen) atoms.